The van der Waals surface area contributed by atoms with Crippen LogP contribution in [-0.2, 0) is 6.54 Å². The zero-order valence-electron chi connectivity index (χ0n) is 12.6. The molecular weight excluding hydrogens is 286 g/mol. The molecule has 0 aliphatic carbocycles. The van der Waals surface area contributed by atoms with Gasteiger partial charge in [-0.1, -0.05) is 24.6 Å². The maximum Gasteiger partial charge on any atom is 0.126 e. The Labute approximate surface area is 130 Å². The molecule has 0 saturated heterocycles. The van der Waals surface area contributed by atoms with Crippen LogP contribution in [0.25, 0.3) is 11.1 Å². The highest BCUT2D eigenvalue weighted by Gasteiger charge is 2.12. The molecule has 0 spiro atoms. The van der Waals surface area contributed by atoms with E-state index in [0.717, 1.165) is 35.7 Å². The third-order valence-electron chi connectivity index (χ3n) is 3.33. The molecule has 112 valence electrons. The fourth-order valence-corrected chi connectivity index (χ4v) is 2.41. The van der Waals surface area contributed by atoms with Crippen LogP contribution in [-0.4, -0.2) is 20.8 Å². The molecule has 0 radical (unpaired) electrons. The van der Waals surface area contributed by atoms with Gasteiger partial charge >= 0.3 is 0 Å². The first-order chi connectivity index (χ1) is 10.2. The van der Waals surface area contributed by atoms with Crippen LogP contribution >= 0.6 is 11.6 Å². The van der Waals surface area contributed by atoms with E-state index >= 15 is 0 Å². The highest BCUT2D eigenvalue weighted by Crippen LogP contribution is 2.36. The van der Waals surface area contributed by atoms with Gasteiger partial charge in [-0.25, -0.2) is 0 Å². The Bertz CT molecular complexity index is 614. The van der Waals surface area contributed by atoms with Crippen molar-refractivity contribution < 1.29 is 9.47 Å². The van der Waals surface area contributed by atoms with E-state index in [1.807, 2.05) is 36.4 Å². The second-order valence-corrected chi connectivity index (χ2v) is 5.08. The number of methoxy groups -OCH3 is 2. The van der Waals surface area contributed by atoms with E-state index in [1.165, 1.54) is 5.56 Å². The van der Waals surface area contributed by atoms with Gasteiger partial charge in [0.1, 0.15) is 11.5 Å². The fraction of sp³-hybridized carbons (Fsp3) is 0.294. The average molecular weight is 306 g/mol. The van der Waals surface area contributed by atoms with Crippen LogP contribution in [0.1, 0.15) is 12.5 Å². The molecule has 0 bridgehead atoms. The van der Waals surface area contributed by atoms with Crippen molar-refractivity contribution >= 4 is 11.6 Å². The molecule has 4 heteroatoms. The van der Waals surface area contributed by atoms with Crippen molar-refractivity contribution in [1.29, 1.82) is 0 Å². The van der Waals surface area contributed by atoms with Crippen molar-refractivity contribution in [3.05, 3.63) is 47.0 Å². The Balaban J connectivity index is 2.55. The third-order valence-corrected chi connectivity index (χ3v) is 3.57. The summed E-state index contributed by atoms with van der Waals surface area (Å²) in [4.78, 5) is 0. The Morgan fingerprint density at radius 2 is 1.81 bits per heavy atom. The first kappa shape index (κ1) is 15.7. The van der Waals surface area contributed by atoms with E-state index < -0.39 is 0 Å². The second-order valence-electron chi connectivity index (χ2n) is 4.65. The molecule has 3 nitrogen and oxygen atoms in total. The average Bonchev–Trinajstić information content (AvgIpc) is 2.53. The van der Waals surface area contributed by atoms with Crippen LogP contribution in [0, 0.1) is 0 Å². The third kappa shape index (κ3) is 3.69. The SMILES string of the molecule is CCNCc1ccc(Cl)cc1-c1cc(OC)ccc1OC. The summed E-state index contributed by atoms with van der Waals surface area (Å²) in [5.41, 5.74) is 3.21. The van der Waals surface area contributed by atoms with Crippen LogP contribution in [0.3, 0.4) is 0 Å². The van der Waals surface area contributed by atoms with Gasteiger partial charge in [-0.3, -0.25) is 0 Å². The Morgan fingerprint density at radius 1 is 1.00 bits per heavy atom. The molecule has 0 fully saturated rings. The molecule has 0 heterocycles. The van der Waals surface area contributed by atoms with Crippen molar-refractivity contribution in [2.24, 2.45) is 0 Å². The highest BCUT2D eigenvalue weighted by molar-refractivity contribution is 6.30. The first-order valence-corrected chi connectivity index (χ1v) is 7.29. The molecular formula is C17H20ClNO2. The molecule has 1 N–H and O–H groups in total. The highest BCUT2D eigenvalue weighted by atomic mass is 35.5. The van der Waals surface area contributed by atoms with Crippen LogP contribution in [0.5, 0.6) is 11.5 Å². The quantitative estimate of drug-likeness (QED) is 0.870. The Morgan fingerprint density at radius 3 is 2.48 bits per heavy atom. The van der Waals surface area contributed by atoms with E-state index in [1.54, 1.807) is 14.2 Å². The van der Waals surface area contributed by atoms with Gasteiger partial charge in [0.15, 0.2) is 0 Å². The molecule has 2 rings (SSSR count). The largest absolute Gasteiger partial charge is 0.497 e. The van der Waals surface area contributed by atoms with Gasteiger partial charge in [-0.15, -0.1) is 0 Å². The molecule has 2 aromatic carbocycles. The molecule has 0 aliphatic heterocycles. The number of rotatable bonds is 6. The van der Waals surface area contributed by atoms with Crippen molar-refractivity contribution in [1.82, 2.24) is 5.32 Å². The summed E-state index contributed by atoms with van der Waals surface area (Å²) in [5, 5.41) is 4.05. The lowest BCUT2D eigenvalue weighted by Crippen LogP contribution is -2.12. The summed E-state index contributed by atoms with van der Waals surface area (Å²) in [6, 6.07) is 11.7. The minimum absolute atomic E-state index is 0.704. The molecule has 0 unspecified atom stereocenters. The second kappa shape index (κ2) is 7.34. The van der Waals surface area contributed by atoms with Crippen LogP contribution in [0.4, 0.5) is 0 Å². The molecule has 0 atom stereocenters. The zero-order valence-corrected chi connectivity index (χ0v) is 13.3. The maximum absolute atomic E-state index is 6.18. The summed E-state index contributed by atoms with van der Waals surface area (Å²) in [6.45, 7) is 3.78. The topological polar surface area (TPSA) is 30.5 Å². The normalized spacial score (nSPS) is 10.5. The predicted octanol–water partition coefficient (Wildman–Crippen LogP) is 4.13. The van der Waals surface area contributed by atoms with E-state index in [-0.39, 0.29) is 0 Å². The number of benzene rings is 2. The van der Waals surface area contributed by atoms with Gasteiger partial charge in [-0.2, -0.15) is 0 Å². The first-order valence-electron chi connectivity index (χ1n) is 6.91. The van der Waals surface area contributed by atoms with Crippen molar-refractivity contribution in [2.45, 2.75) is 13.5 Å². The van der Waals surface area contributed by atoms with E-state index in [0.29, 0.717) is 5.02 Å². The summed E-state index contributed by atoms with van der Waals surface area (Å²) in [6.07, 6.45) is 0. The van der Waals surface area contributed by atoms with Crippen molar-refractivity contribution in [2.75, 3.05) is 20.8 Å². The minimum Gasteiger partial charge on any atom is -0.497 e. The zero-order chi connectivity index (χ0) is 15.2. The summed E-state index contributed by atoms with van der Waals surface area (Å²) in [5.74, 6) is 1.59. The lowest BCUT2D eigenvalue weighted by molar-refractivity contribution is 0.404. The van der Waals surface area contributed by atoms with Gasteiger partial charge in [0.2, 0.25) is 0 Å². The molecule has 0 amide bonds. The van der Waals surface area contributed by atoms with E-state index in [2.05, 4.69) is 12.2 Å². The van der Waals surface area contributed by atoms with Gasteiger partial charge < -0.3 is 14.8 Å². The molecule has 0 aliphatic rings. The lowest BCUT2D eigenvalue weighted by atomic mass is 9.98. The van der Waals surface area contributed by atoms with Crippen LogP contribution in [0.2, 0.25) is 5.02 Å². The number of ether oxygens (including phenoxy) is 2. The predicted molar refractivity (Wildman–Crippen MR) is 87.4 cm³/mol. The van der Waals surface area contributed by atoms with Crippen molar-refractivity contribution in [3.63, 3.8) is 0 Å². The lowest BCUT2D eigenvalue weighted by Gasteiger charge is -2.15. The molecule has 0 saturated carbocycles. The van der Waals surface area contributed by atoms with E-state index in [4.69, 9.17) is 21.1 Å². The van der Waals surface area contributed by atoms with Gasteiger partial charge in [0.05, 0.1) is 14.2 Å². The van der Waals surface area contributed by atoms with Gasteiger partial charge in [0.25, 0.3) is 0 Å². The maximum atomic E-state index is 6.18. The number of nitrogens with one attached hydrogen (secondary N) is 1. The van der Waals surface area contributed by atoms with Crippen molar-refractivity contribution in [3.8, 4) is 22.6 Å². The Kier molecular flexibility index (Phi) is 5.48. The summed E-state index contributed by atoms with van der Waals surface area (Å²) < 4.78 is 10.8. The van der Waals surface area contributed by atoms with Gasteiger partial charge in [-0.05, 0) is 48.0 Å². The number of hydrogen-bond acceptors (Lipinski definition) is 3. The van der Waals surface area contributed by atoms with Crippen LogP contribution in [0.15, 0.2) is 36.4 Å². The van der Waals surface area contributed by atoms with Gasteiger partial charge in [0, 0.05) is 17.1 Å². The molecule has 2 aromatic rings. The molecule has 0 aromatic heterocycles. The van der Waals surface area contributed by atoms with Crippen LogP contribution < -0.4 is 14.8 Å². The smallest absolute Gasteiger partial charge is 0.126 e. The summed E-state index contributed by atoms with van der Waals surface area (Å²) >= 11 is 6.18. The summed E-state index contributed by atoms with van der Waals surface area (Å²) in [7, 11) is 3.32. The number of hydrogen-bond donors (Lipinski definition) is 1. The van der Waals surface area contributed by atoms with E-state index in [9.17, 15) is 0 Å². The minimum atomic E-state index is 0.704. The molecule has 21 heavy (non-hydrogen) atoms. The number of halogens is 1. The fourth-order valence-electron chi connectivity index (χ4n) is 2.24. The monoisotopic (exact) mass is 305 g/mol. The standard InChI is InChI=1S/C17H20ClNO2/c1-4-19-11-12-5-6-13(18)9-15(12)16-10-14(20-2)7-8-17(16)21-3/h5-10,19H,4,11H2,1-3H3. The Hall–Kier alpha value is -1.71.